The Morgan fingerprint density at radius 2 is 1.71 bits per heavy atom. The fourth-order valence-corrected chi connectivity index (χ4v) is 2.41. The van der Waals surface area contributed by atoms with E-state index in [1.807, 2.05) is 0 Å². The van der Waals surface area contributed by atoms with E-state index in [-0.39, 0.29) is 40.7 Å². The average molecular weight is 287 g/mol. The largest absolute Gasteiger partial charge is 0.508 e. The summed E-state index contributed by atoms with van der Waals surface area (Å²) in [6.45, 7) is 0. The van der Waals surface area contributed by atoms with E-state index in [4.69, 9.17) is 9.94 Å². The molecule has 6 heteroatoms. The molecule has 6 nitrogen and oxygen atoms in total. The topological polar surface area (TPSA) is 103 Å². The molecule has 0 radical (unpaired) electrons. The van der Waals surface area contributed by atoms with Crippen LogP contribution in [-0.4, -0.2) is 26.2 Å². The van der Waals surface area contributed by atoms with Crippen LogP contribution in [0.1, 0.15) is 23.7 Å². The number of rotatable bonds is 1. The third-order valence-electron chi connectivity index (χ3n) is 3.39. The van der Waals surface area contributed by atoms with E-state index < -0.39 is 6.10 Å². The van der Waals surface area contributed by atoms with Crippen LogP contribution < -0.4 is 4.74 Å². The van der Waals surface area contributed by atoms with Crippen molar-refractivity contribution in [2.24, 2.45) is 5.16 Å². The molecule has 0 aliphatic carbocycles. The van der Waals surface area contributed by atoms with Gasteiger partial charge in [-0.25, -0.2) is 0 Å². The van der Waals surface area contributed by atoms with Crippen LogP contribution in [0.25, 0.3) is 0 Å². The maximum absolute atomic E-state index is 9.87. The molecule has 1 aliphatic heterocycles. The van der Waals surface area contributed by atoms with Crippen molar-refractivity contribution in [3.63, 3.8) is 0 Å². The maximum Gasteiger partial charge on any atom is 0.136 e. The molecule has 1 aliphatic rings. The van der Waals surface area contributed by atoms with Crippen molar-refractivity contribution in [1.82, 2.24) is 0 Å². The summed E-state index contributed by atoms with van der Waals surface area (Å²) >= 11 is 0. The van der Waals surface area contributed by atoms with Crippen LogP contribution in [0, 0.1) is 0 Å². The van der Waals surface area contributed by atoms with E-state index in [2.05, 4.69) is 5.16 Å². The number of hydrogen-bond donors (Lipinski definition) is 4. The molecule has 108 valence electrons. The average Bonchev–Trinajstić information content (AvgIpc) is 2.46. The van der Waals surface area contributed by atoms with Gasteiger partial charge in [0.25, 0.3) is 0 Å². The maximum atomic E-state index is 9.87. The molecular formula is C15H13NO5. The molecule has 0 spiro atoms. The first-order chi connectivity index (χ1) is 10.1. The lowest BCUT2D eigenvalue weighted by Crippen LogP contribution is -2.21. The predicted octanol–water partition coefficient (Wildman–Crippen LogP) is 2.51. The minimum atomic E-state index is -0.440. The number of phenolic OH excluding ortho intramolecular Hbond substituents is 3. The zero-order chi connectivity index (χ0) is 15.0. The van der Waals surface area contributed by atoms with Crippen molar-refractivity contribution < 1.29 is 25.3 Å². The van der Waals surface area contributed by atoms with E-state index in [1.165, 1.54) is 18.2 Å². The van der Waals surface area contributed by atoms with Crippen LogP contribution in [-0.2, 0) is 0 Å². The molecule has 3 rings (SSSR count). The van der Waals surface area contributed by atoms with Crippen molar-refractivity contribution in [2.45, 2.75) is 12.5 Å². The molecule has 0 bridgehead atoms. The van der Waals surface area contributed by atoms with Crippen LogP contribution in [0.2, 0.25) is 0 Å². The molecule has 2 aromatic carbocycles. The van der Waals surface area contributed by atoms with Gasteiger partial charge in [-0.1, -0.05) is 17.3 Å². The number of ether oxygens (including phenoxy) is 1. The van der Waals surface area contributed by atoms with Gasteiger partial charge in [0.1, 0.15) is 29.1 Å². The standard InChI is InChI=1S/C15H13NO5/c17-9-3-1-8(2-4-9)13-7-11(16-20)15-12(19)5-10(18)6-14(15)21-13/h1-6,13,17-20H,7H2/b16-11+/t13-/m0/s1. The number of aromatic hydroxyl groups is 3. The monoisotopic (exact) mass is 287 g/mol. The lowest BCUT2D eigenvalue weighted by molar-refractivity contribution is 0.200. The molecule has 0 saturated carbocycles. The summed E-state index contributed by atoms with van der Waals surface area (Å²) in [7, 11) is 0. The van der Waals surface area contributed by atoms with E-state index in [0.29, 0.717) is 0 Å². The third-order valence-corrected chi connectivity index (χ3v) is 3.39. The Labute approximate surface area is 120 Å². The van der Waals surface area contributed by atoms with E-state index in [0.717, 1.165) is 11.6 Å². The van der Waals surface area contributed by atoms with Gasteiger partial charge in [-0.05, 0) is 17.7 Å². The Morgan fingerprint density at radius 1 is 1.00 bits per heavy atom. The number of fused-ring (bicyclic) bond motifs is 1. The highest BCUT2D eigenvalue weighted by molar-refractivity contribution is 6.06. The summed E-state index contributed by atoms with van der Waals surface area (Å²) in [5, 5.41) is 41.1. The summed E-state index contributed by atoms with van der Waals surface area (Å²) in [5.41, 5.74) is 1.32. The minimum absolute atomic E-state index is 0.140. The Morgan fingerprint density at radius 3 is 2.38 bits per heavy atom. The fourth-order valence-electron chi connectivity index (χ4n) is 2.41. The highest BCUT2D eigenvalue weighted by atomic mass is 16.5. The van der Waals surface area contributed by atoms with Crippen molar-refractivity contribution in [1.29, 1.82) is 0 Å². The Bertz CT molecular complexity index is 709. The first-order valence-corrected chi connectivity index (χ1v) is 6.31. The first-order valence-electron chi connectivity index (χ1n) is 6.31. The molecule has 0 unspecified atom stereocenters. The molecule has 1 heterocycles. The molecule has 4 N–H and O–H groups in total. The van der Waals surface area contributed by atoms with E-state index >= 15 is 0 Å². The van der Waals surface area contributed by atoms with E-state index in [9.17, 15) is 15.3 Å². The minimum Gasteiger partial charge on any atom is -0.508 e. The molecule has 1 atom stereocenters. The van der Waals surface area contributed by atoms with E-state index in [1.54, 1.807) is 12.1 Å². The Balaban J connectivity index is 2.04. The van der Waals surface area contributed by atoms with Gasteiger partial charge >= 0.3 is 0 Å². The fraction of sp³-hybridized carbons (Fsp3) is 0.133. The van der Waals surface area contributed by atoms with Crippen molar-refractivity contribution in [2.75, 3.05) is 0 Å². The van der Waals surface area contributed by atoms with Crippen LogP contribution in [0.3, 0.4) is 0 Å². The normalized spacial score (nSPS) is 19.0. The number of hydrogen-bond acceptors (Lipinski definition) is 6. The number of nitrogens with zero attached hydrogens (tertiary/aromatic N) is 1. The second-order valence-corrected chi connectivity index (χ2v) is 4.79. The van der Waals surface area contributed by atoms with Gasteiger partial charge in [0.05, 0.1) is 11.3 Å². The second kappa shape index (κ2) is 4.90. The summed E-state index contributed by atoms with van der Waals surface area (Å²) in [6.07, 6.45) is -0.183. The summed E-state index contributed by atoms with van der Waals surface area (Å²) in [4.78, 5) is 0. The zero-order valence-corrected chi connectivity index (χ0v) is 10.9. The van der Waals surface area contributed by atoms with Gasteiger partial charge in [0.15, 0.2) is 0 Å². The molecule has 0 amide bonds. The summed E-state index contributed by atoms with van der Waals surface area (Å²) in [5.74, 6) is 0.0303. The van der Waals surface area contributed by atoms with Gasteiger partial charge in [-0.3, -0.25) is 0 Å². The van der Waals surface area contributed by atoms with Gasteiger partial charge in [0, 0.05) is 18.6 Å². The quantitative estimate of drug-likeness (QED) is 0.476. The SMILES string of the molecule is O/N=C1\C[C@@H](c2ccc(O)cc2)Oc2cc(O)cc(O)c21. The molecule has 0 aromatic heterocycles. The summed E-state index contributed by atoms with van der Waals surface area (Å²) < 4.78 is 5.76. The zero-order valence-electron chi connectivity index (χ0n) is 10.9. The first kappa shape index (κ1) is 13.1. The number of benzene rings is 2. The van der Waals surface area contributed by atoms with Gasteiger partial charge in [0.2, 0.25) is 0 Å². The Kier molecular flexibility index (Phi) is 3.06. The van der Waals surface area contributed by atoms with Crippen LogP contribution >= 0.6 is 0 Å². The molecular weight excluding hydrogens is 274 g/mol. The molecule has 0 saturated heterocycles. The number of phenols is 3. The van der Waals surface area contributed by atoms with Gasteiger partial charge < -0.3 is 25.3 Å². The van der Waals surface area contributed by atoms with Crippen LogP contribution in [0.4, 0.5) is 0 Å². The van der Waals surface area contributed by atoms with Gasteiger partial charge in [-0.15, -0.1) is 0 Å². The summed E-state index contributed by atoms with van der Waals surface area (Å²) in [6, 6.07) is 8.97. The Hall–Kier alpha value is -2.89. The van der Waals surface area contributed by atoms with Crippen molar-refractivity contribution in [3.8, 4) is 23.0 Å². The van der Waals surface area contributed by atoms with Crippen molar-refractivity contribution in [3.05, 3.63) is 47.5 Å². The highest BCUT2D eigenvalue weighted by Gasteiger charge is 2.29. The van der Waals surface area contributed by atoms with Crippen molar-refractivity contribution >= 4 is 5.71 Å². The van der Waals surface area contributed by atoms with Crippen LogP contribution in [0.5, 0.6) is 23.0 Å². The molecule has 2 aromatic rings. The third kappa shape index (κ3) is 2.31. The second-order valence-electron chi connectivity index (χ2n) is 4.79. The smallest absolute Gasteiger partial charge is 0.136 e. The number of oxime groups is 1. The lowest BCUT2D eigenvalue weighted by atomic mass is 9.95. The van der Waals surface area contributed by atoms with Gasteiger partial charge in [-0.2, -0.15) is 0 Å². The highest BCUT2D eigenvalue weighted by Crippen LogP contribution is 2.42. The van der Waals surface area contributed by atoms with Crippen LogP contribution in [0.15, 0.2) is 41.6 Å². The lowest BCUT2D eigenvalue weighted by Gasteiger charge is -2.27. The molecule has 0 fully saturated rings. The predicted molar refractivity (Wildman–Crippen MR) is 74.2 cm³/mol. The molecule has 21 heavy (non-hydrogen) atoms.